The van der Waals surface area contributed by atoms with Crippen molar-refractivity contribution in [3.05, 3.63) is 73.1 Å². The molecule has 0 saturated heterocycles. The summed E-state index contributed by atoms with van der Waals surface area (Å²) >= 11 is 14.1. The maximum Gasteiger partial charge on any atom is 0.331 e. The molecule has 6 nitrogen and oxygen atoms in total. The smallest absolute Gasteiger partial charge is 0.331 e. The van der Waals surface area contributed by atoms with Crippen LogP contribution in [-0.4, -0.2) is 35.2 Å². The highest BCUT2D eigenvalue weighted by atomic mass is 35.5. The van der Waals surface area contributed by atoms with Crippen LogP contribution in [0.5, 0.6) is 0 Å². The summed E-state index contributed by atoms with van der Waals surface area (Å²) in [7, 11) is 0. The molecule has 0 unspecified atom stereocenters. The van der Waals surface area contributed by atoms with Gasteiger partial charge in [-0.05, 0) is 68.4 Å². The number of aliphatic carboxylic acids is 1. The minimum Gasteiger partial charge on any atom is -0.478 e. The topological polar surface area (TPSA) is 88.5 Å². The molecule has 1 aliphatic carbocycles. The summed E-state index contributed by atoms with van der Waals surface area (Å²) in [6.45, 7) is 5.12. The molecule has 194 valence electrons. The SMILES string of the molecule is CCCOCCCc1cccc2c1CCc1sc(NC(=O)c3cc(Cl)c(/C=C(\C)C(=O)O)c(Cl)c3)nc1-2. The first-order valence-corrected chi connectivity index (χ1v) is 13.8. The highest BCUT2D eigenvalue weighted by molar-refractivity contribution is 7.16. The lowest BCUT2D eigenvalue weighted by Gasteiger charge is -2.18. The van der Waals surface area contributed by atoms with Crippen molar-refractivity contribution in [2.24, 2.45) is 0 Å². The molecule has 0 radical (unpaired) electrons. The number of aromatic nitrogens is 1. The van der Waals surface area contributed by atoms with Crippen molar-refractivity contribution < 1.29 is 19.4 Å². The molecular weight excluding hydrogens is 531 g/mol. The van der Waals surface area contributed by atoms with Gasteiger partial charge in [-0.1, -0.05) is 48.3 Å². The van der Waals surface area contributed by atoms with E-state index in [0.29, 0.717) is 10.7 Å². The van der Waals surface area contributed by atoms with Crippen LogP contribution in [0.25, 0.3) is 17.3 Å². The first kappa shape index (κ1) is 27.3. The Morgan fingerprint density at radius 1 is 1.19 bits per heavy atom. The Morgan fingerprint density at radius 3 is 2.65 bits per heavy atom. The number of carboxylic acid groups (broad SMARTS) is 1. The summed E-state index contributed by atoms with van der Waals surface area (Å²) in [4.78, 5) is 30.0. The number of carboxylic acids is 1. The molecule has 0 aliphatic heterocycles. The van der Waals surface area contributed by atoms with Crippen molar-refractivity contribution in [2.75, 3.05) is 18.5 Å². The van der Waals surface area contributed by atoms with Crippen molar-refractivity contribution in [3.63, 3.8) is 0 Å². The van der Waals surface area contributed by atoms with Crippen LogP contribution in [0.1, 0.15) is 58.6 Å². The van der Waals surface area contributed by atoms with Gasteiger partial charge in [0.05, 0.1) is 15.7 Å². The lowest BCUT2D eigenvalue weighted by atomic mass is 9.88. The van der Waals surface area contributed by atoms with Crippen molar-refractivity contribution in [3.8, 4) is 11.3 Å². The highest BCUT2D eigenvalue weighted by Crippen LogP contribution is 2.40. The number of carbonyl (C=O) groups is 2. The van der Waals surface area contributed by atoms with E-state index >= 15 is 0 Å². The van der Waals surface area contributed by atoms with Gasteiger partial charge in [-0.2, -0.15) is 0 Å². The summed E-state index contributed by atoms with van der Waals surface area (Å²) in [5.74, 6) is -1.46. The molecule has 9 heteroatoms. The molecule has 2 aromatic carbocycles. The molecule has 0 spiro atoms. The largest absolute Gasteiger partial charge is 0.478 e. The lowest BCUT2D eigenvalue weighted by molar-refractivity contribution is -0.132. The molecule has 0 bridgehead atoms. The Kier molecular flexibility index (Phi) is 9.03. The normalized spacial score (nSPS) is 12.7. The number of anilines is 1. The van der Waals surface area contributed by atoms with E-state index in [0.717, 1.165) is 61.5 Å². The van der Waals surface area contributed by atoms with Crippen LogP contribution in [0.4, 0.5) is 5.13 Å². The van der Waals surface area contributed by atoms with Crippen LogP contribution in [0.15, 0.2) is 35.9 Å². The number of aryl methyl sites for hydroxylation is 2. The summed E-state index contributed by atoms with van der Waals surface area (Å²) < 4.78 is 5.64. The number of fused-ring (bicyclic) bond motifs is 3. The number of benzene rings is 2. The van der Waals surface area contributed by atoms with Crippen LogP contribution in [-0.2, 0) is 28.8 Å². The summed E-state index contributed by atoms with van der Waals surface area (Å²) in [6, 6.07) is 9.30. The first-order valence-electron chi connectivity index (χ1n) is 12.2. The lowest BCUT2D eigenvalue weighted by Crippen LogP contribution is -2.12. The molecule has 1 heterocycles. The minimum absolute atomic E-state index is 0.0858. The fraction of sp³-hybridized carbons (Fsp3) is 0.321. The molecule has 0 atom stereocenters. The number of thiazole rings is 1. The fourth-order valence-electron chi connectivity index (χ4n) is 4.32. The number of ether oxygens (including phenoxy) is 1. The van der Waals surface area contributed by atoms with E-state index < -0.39 is 5.97 Å². The van der Waals surface area contributed by atoms with Gasteiger partial charge in [0.1, 0.15) is 0 Å². The van der Waals surface area contributed by atoms with Gasteiger partial charge >= 0.3 is 5.97 Å². The van der Waals surface area contributed by atoms with Gasteiger partial charge in [0.2, 0.25) is 0 Å². The van der Waals surface area contributed by atoms with Crippen LogP contribution in [0.3, 0.4) is 0 Å². The van der Waals surface area contributed by atoms with Gasteiger partial charge in [0.25, 0.3) is 5.91 Å². The third-order valence-corrected chi connectivity index (χ3v) is 7.83. The van der Waals surface area contributed by atoms with Gasteiger partial charge < -0.3 is 9.84 Å². The molecule has 1 amide bonds. The Balaban J connectivity index is 1.51. The molecule has 1 aromatic heterocycles. The quantitative estimate of drug-likeness (QED) is 0.201. The summed E-state index contributed by atoms with van der Waals surface area (Å²) in [6.07, 6.45) is 6.18. The van der Waals surface area contributed by atoms with E-state index in [1.807, 2.05) is 0 Å². The third kappa shape index (κ3) is 6.41. The number of nitrogens with one attached hydrogen (secondary N) is 1. The van der Waals surface area contributed by atoms with E-state index in [9.17, 15) is 9.59 Å². The van der Waals surface area contributed by atoms with Crippen molar-refractivity contribution in [1.29, 1.82) is 0 Å². The number of halogens is 2. The van der Waals surface area contributed by atoms with E-state index in [1.54, 1.807) is 0 Å². The van der Waals surface area contributed by atoms with Crippen molar-refractivity contribution in [2.45, 2.75) is 46.0 Å². The number of rotatable bonds is 10. The van der Waals surface area contributed by atoms with E-state index in [1.165, 1.54) is 47.6 Å². The first-order chi connectivity index (χ1) is 17.8. The van der Waals surface area contributed by atoms with Crippen LogP contribution in [0, 0.1) is 0 Å². The molecule has 37 heavy (non-hydrogen) atoms. The van der Waals surface area contributed by atoms with Crippen LogP contribution >= 0.6 is 34.5 Å². The van der Waals surface area contributed by atoms with Gasteiger partial charge in [0.15, 0.2) is 5.13 Å². The average Bonchev–Trinajstić information content (AvgIpc) is 3.28. The van der Waals surface area contributed by atoms with Crippen molar-refractivity contribution >= 4 is 57.6 Å². The Bertz CT molecular complexity index is 1340. The third-order valence-electron chi connectivity index (χ3n) is 6.17. The zero-order valence-corrected chi connectivity index (χ0v) is 23.0. The predicted molar refractivity (Wildman–Crippen MR) is 150 cm³/mol. The number of hydrogen-bond acceptors (Lipinski definition) is 5. The number of nitrogens with zero attached hydrogens (tertiary/aromatic N) is 1. The maximum absolute atomic E-state index is 13.0. The number of amides is 1. The fourth-order valence-corrected chi connectivity index (χ4v) is 5.89. The second-order valence-electron chi connectivity index (χ2n) is 8.89. The highest BCUT2D eigenvalue weighted by Gasteiger charge is 2.24. The Morgan fingerprint density at radius 2 is 1.95 bits per heavy atom. The maximum atomic E-state index is 13.0. The van der Waals surface area contributed by atoms with E-state index in [2.05, 4.69) is 30.4 Å². The second kappa shape index (κ2) is 12.2. The standard InChI is InChI=1S/C28H28Cl2N2O4S/c1-3-11-36-12-5-7-17-6-4-8-20-19(17)9-10-24-25(20)31-28(37-24)32-26(33)18-14-22(29)21(23(30)15-18)13-16(2)27(34)35/h4,6,8,13-15H,3,5,7,9-12H2,1-2H3,(H,34,35)(H,31,32,33)/b16-13+. The monoisotopic (exact) mass is 558 g/mol. The van der Waals surface area contributed by atoms with Crippen LogP contribution < -0.4 is 5.32 Å². The zero-order valence-electron chi connectivity index (χ0n) is 20.7. The van der Waals surface area contributed by atoms with Crippen molar-refractivity contribution in [1.82, 2.24) is 4.98 Å². The average molecular weight is 560 g/mol. The van der Waals surface area contributed by atoms with Gasteiger partial charge in [0, 0.05) is 40.4 Å². The minimum atomic E-state index is -1.07. The van der Waals surface area contributed by atoms with Gasteiger partial charge in [-0.3, -0.25) is 10.1 Å². The Hall–Kier alpha value is -2.71. The predicted octanol–water partition coefficient (Wildman–Crippen LogP) is 7.31. The van der Waals surface area contributed by atoms with Gasteiger partial charge in [-0.15, -0.1) is 11.3 Å². The molecule has 1 aliphatic rings. The van der Waals surface area contributed by atoms with E-state index in [-0.39, 0.29) is 27.1 Å². The second-order valence-corrected chi connectivity index (χ2v) is 10.8. The van der Waals surface area contributed by atoms with Gasteiger partial charge in [-0.25, -0.2) is 9.78 Å². The zero-order chi connectivity index (χ0) is 26.5. The number of hydrogen-bond donors (Lipinski definition) is 2. The van der Waals surface area contributed by atoms with E-state index in [4.69, 9.17) is 38.0 Å². The molecule has 4 rings (SSSR count). The van der Waals surface area contributed by atoms with Crippen LogP contribution in [0.2, 0.25) is 10.0 Å². The summed E-state index contributed by atoms with van der Waals surface area (Å²) in [5.41, 5.74) is 5.41. The molecule has 0 fully saturated rings. The molecule has 2 N–H and O–H groups in total. The number of carbonyl (C=O) groups excluding carboxylic acids is 1. The molecular formula is C28H28Cl2N2O4S. The summed E-state index contributed by atoms with van der Waals surface area (Å²) in [5, 5.41) is 12.9. The Labute approximate surface area is 230 Å². The molecule has 0 saturated carbocycles. The molecule has 3 aromatic rings.